The van der Waals surface area contributed by atoms with Gasteiger partial charge in [-0.3, -0.25) is 24.2 Å². The van der Waals surface area contributed by atoms with Crippen LogP contribution in [0, 0.1) is 6.92 Å². The zero-order valence-electron chi connectivity index (χ0n) is 26.4. The lowest BCUT2D eigenvalue weighted by Crippen LogP contribution is -2.47. The van der Waals surface area contributed by atoms with Crippen molar-refractivity contribution in [2.45, 2.75) is 57.5 Å². The molecular formula is C31H31ClF3N9O4S. The van der Waals surface area contributed by atoms with Gasteiger partial charge in [-0.1, -0.05) is 29.6 Å². The number of H-pyrrole nitrogens is 1. The molecule has 18 heteroatoms. The number of piperidine rings is 1. The van der Waals surface area contributed by atoms with Crippen LogP contribution in [0.15, 0.2) is 35.1 Å². The van der Waals surface area contributed by atoms with Crippen molar-refractivity contribution in [1.82, 2.24) is 39.0 Å². The number of carbonyl (C=O) groups is 2. The quantitative estimate of drug-likeness (QED) is 0.254. The summed E-state index contributed by atoms with van der Waals surface area (Å²) >= 11 is 7.70. The average molecular weight is 718 g/mol. The standard InChI is InChI=1S/C31H31ClF3N9O4S/c1-16-13-22(40-39-16)27(46)42-10-7-30(8-11-42)24-25(17(2)48-30)43(15-23(45)37-21-4-3-19(14-20(21)32)31(33,34)35)29-38-26(41-44(29)28(24)47)18-5-9-36-49-12-6-18/h3-5,13-14,17,36H,6-12,15H2,1-2H3,(H,37,45)(H,39,40). The first-order valence-corrected chi connectivity index (χ1v) is 16.9. The lowest BCUT2D eigenvalue weighted by atomic mass is 9.85. The molecule has 1 aromatic carbocycles. The van der Waals surface area contributed by atoms with Crippen LogP contribution in [0.2, 0.25) is 5.02 Å². The van der Waals surface area contributed by atoms with Crippen molar-refractivity contribution in [1.29, 1.82) is 0 Å². The Hall–Kier alpha value is -4.19. The van der Waals surface area contributed by atoms with E-state index >= 15 is 0 Å². The van der Waals surface area contributed by atoms with E-state index in [9.17, 15) is 27.6 Å². The number of rotatable bonds is 5. The molecule has 3 aliphatic heterocycles. The first-order valence-electron chi connectivity index (χ1n) is 15.6. The first-order chi connectivity index (χ1) is 23.3. The maximum atomic E-state index is 14.4. The van der Waals surface area contributed by atoms with E-state index in [-0.39, 0.29) is 28.9 Å². The van der Waals surface area contributed by atoms with E-state index in [0.29, 0.717) is 61.7 Å². The highest BCUT2D eigenvalue weighted by atomic mass is 35.5. The van der Waals surface area contributed by atoms with Gasteiger partial charge in [-0.25, -0.2) is 0 Å². The third kappa shape index (κ3) is 6.13. The highest BCUT2D eigenvalue weighted by Gasteiger charge is 2.50. The Kier molecular flexibility index (Phi) is 8.57. The number of anilines is 1. The minimum absolute atomic E-state index is 0.00550. The van der Waals surface area contributed by atoms with Crippen molar-refractivity contribution < 1.29 is 27.5 Å². The molecule has 3 aromatic heterocycles. The van der Waals surface area contributed by atoms with Gasteiger partial charge in [0.1, 0.15) is 17.8 Å². The molecule has 7 rings (SSSR count). The number of carbonyl (C=O) groups excluding carboxylic acids is 2. The van der Waals surface area contributed by atoms with Gasteiger partial charge in [0.05, 0.1) is 33.6 Å². The fourth-order valence-corrected chi connectivity index (χ4v) is 7.58. The molecule has 3 N–H and O–H groups in total. The normalized spacial score (nSPS) is 19.2. The number of aromatic nitrogens is 6. The Labute approximate surface area is 286 Å². The van der Waals surface area contributed by atoms with Crippen LogP contribution in [-0.2, 0) is 27.9 Å². The number of likely N-dealkylation sites (tertiary alicyclic amines) is 1. The number of benzene rings is 1. The Morgan fingerprint density at radius 3 is 2.69 bits per heavy atom. The van der Waals surface area contributed by atoms with E-state index < -0.39 is 34.9 Å². The fourth-order valence-electron chi connectivity index (χ4n) is 6.69. The summed E-state index contributed by atoms with van der Waals surface area (Å²) in [5.41, 5.74) is 0.225. The van der Waals surface area contributed by atoms with E-state index in [0.717, 1.165) is 35.2 Å². The largest absolute Gasteiger partial charge is 0.416 e. The van der Waals surface area contributed by atoms with Crippen LogP contribution >= 0.6 is 23.5 Å². The lowest BCUT2D eigenvalue weighted by Gasteiger charge is -2.38. The van der Waals surface area contributed by atoms with Gasteiger partial charge in [-0.05, 0) is 62.9 Å². The summed E-state index contributed by atoms with van der Waals surface area (Å²) in [6.45, 7) is 4.38. The van der Waals surface area contributed by atoms with Gasteiger partial charge < -0.3 is 19.5 Å². The zero-order valence-corrected chi connectivity index (χ0v) is 27.9. The van der Waals surface area contributed by atoms with E-state index in [1.807, 2.05) is 13.0 Å². The summed E-state index contributed by atoms with van der Waals surface area (Å²) in [6, 6.07) is 4.34. The van der Waals surface area contributed by atoms with Crippen molar-refractivity contribution in [2.24, 2.45) is 0 Å². The lowest BCUT2D eigenvalue weighted by molar-refractivity contribution is -0.137. The van der Waals surface area contributed by atoms with Crippen molar-refractivity contribution in [3.8, 4) is 0 Å². The molecule has 0 bridgehead atoms. The Bertz CT molecular complexity index is 2070. The predicted molar refractivity (Wildman–Crippen MR) is 175 cm³/mol. The highest BCUT2D eigenvalue weighted by molar-refractivity contribution is 7.97. The molecule has 2 amide bonds. The van der Waals surface area contributed by atoms with Gasteiger partial charge in [-0.15, -0.1) is 5.10 Å². The van der Waals surface area contributed by atoms with Crippen molar-refractivity contribution in [2.75, 3.05) is 30.7 Å². The minimum atomic E-state index is -4.60. The number of hydrogen-bond acceptors (Lipinski definition) is 9. The summed E-state index contributed by atoms with van der Waals surface area (Å²) in [5.74, 6) is 0.382. The number of nitrogens with zero attached hydrogens (tertiary/aromatic N) is 6. The summed E-state index contributed by atoms with van der Waals surface area (Å²) in [4.78, 5) is 47.5. The fraction of sp³-hybridized carbons (Fsp3) is 0.419. The Balaban J connectivity index is 1.27. The number of allylic oxidation sites excluding steroid dienone is 1. The van der Waals surface area contributed by atoms with E-state index in [4.69, 9.17) is 21.3 Å². The van der Waals surface area contributed by atoms with E-state index in [1.54, 1.807) is 34.4 Å². The summed E-state index contributed by atoms with van der Waals surface area (Å²) in [5, 5.41) is 13.8. The monoisotopic (exact) mass is 717 g/mol. The van der Waals surface area contributed by atoms with Gasteiger partial charge in [0.2, 0.25) is 11.7 Å². The van der Waals surface area contributed by atoms with Crippen molar-refractivity contribution >= 4 is 52.4 Å². The number of ether oxygens (including phenoxy) is 1. The maximum absolute atomic E-state index is 14.4. The molecule has 1 unspecified atom stereocenters. The molecule has 6 heterocycles. The second-order valence-electron chi connectivity index (χ2n) is 12.2. The molecule has 4 aromatic rings. The van der Waals surface area contributed by atoms with Gasteiger partial charge in [-0.2, -0.15) is 27.8 Å². The number of aromatic amines is 1. The van der Waals surface area contributed by atoms with Crippen LogP contribution in [0.1, 0.15) is 71.1 Å². The van der Waals surface area contributed by atoms with Crippen LogP contribution in [0.5, 0.6) is 0 Å². The minimum Gasteiger partial charge on any atom is -0.361 e. The number of amides is 2. The van der Waals surface area contributed by atoms with E-state index in [1.165, 1.54) is 4.52 Å². The predicted octanol–water partition coefficient (Wildman–Crippen LogP) is 4.48. The van der Waals surface area contributed by atoms with Gasteiger partial charge >= 0.3 is 6.18 Å². The van der Waals surface area contributed by atoms with Crippen LogP contribution in [0.4, 0.5) is 18.9 Å². The number of halogens is 4. The SMILES string of the molecule is Cc1cc(C(=O)N2CCC3(CC2)OC(C)c2c3c(=O)n3nc(C4=CCNSCC4)nc3n2CC(=O)Nc2ccc(C(F)(F)F)cc2Cl)n[nH]1. The van der Waals surface area contributed by atoms with E-state index in [2.05, 4.69) is 25.3 Å². The van der Waals surface area contributed by atoms with Crippen LogP contribution in [-0.4, -0.2) is 71.5 Å². The molecular weight excluding hydrogens is 687 g/mol. The molecule has 13 nitrogen and oxygen atoms in total. The number of aryl methyl sites for hydroxylation is 1. The van der Waals surface area contributed by atoms with Crippen molar-refractivity contribution in [3.63, 3.8) is 0 Å². The third-order valence-electron chi connectivity index (χ3n) is 8.98. The smallest absolute Gasteiger partial charge is 0.361 e. The van der Waals surface area contributed by atoms with Crippen molar-refractivity contribution in [3.05, 3.63) is 79.8 Å². The summed E-state index contributed by atoms with van der Waals surface area (Å²) < 4.78 is 52.2. The molecule has 0 saturated carbocycles. The van der Waals surface area contributed by atoms with Gasteiger partial charge in [0.15, 0.2) is 5.82 Å². The van der Waals surface area contributed by atoms with Gasteiger partial charge in [0.25, 0.3) is 11.5 Å². The molecule has 49 heavy (non-hydrogen) atoms. The number of fused-ring (bicyclic) bond motifs is 3. The molecule has 1 fully saturated rings. The number of nitrogens with one attached hydrogen (secondary N) is 3. The molecule has 1 saturated heterocycles. The highest BCUT2D eigenvalue weighted by Crippen LogP contribution is 2.48. The summed E-state index contributed by atoms with van der Waals surface area (Å²) in [7, 11) is 0. The Morgan fingerprint density at radius 2 is 2.00 bits per heavy atom. The number of hydrogen-bond donors (Lipinski definition) is 3. The molecule has 258 valence electrons. The molecule has 3 aliphatic rings. The molecule has 1 atom stereocenters. The van der Waals surface area contributed by atoms with Gasteiger partial charge in [0, 0.05) is 31.1 Å². The zero-order chi connectivity index (χ0) is 34.7. The molecule has 0 aliphatic carbocycles. The maximum Gasteiger partial charge on any atom is 0.416 e. The van der Waals surface area contributed by atoms with Crippen LogP contribution < -0.4 is 15.6 Å². The Morgan fingerprint density at radius 1 is 1.22 bits per heavy atom. The average Bonchev–Trinajstić information content (AvgIpc) is 3.70. The van der Waals surface area contributed by atoms with Crippen LogP contribution in [0.3, 0.4) is 0 Å². The third-order valence-corrected chi connectivity index (χ3v) is 10.1. The second-order valence-corrected chi connectivity index (χ2v) is 13.6. The summed E-state index contributed by atoms with van der Waals surface area (Å²) in [6.07, 6.45) is -2.03. The number of alkyl halides is 3. The van der Waals surface area contributed by atoms with Crippen LogP contribution in [0.25, 0.3) is 11.4 Å². The topological polar surface area (TPSA) is 152 Å². The molecule has 0 radical (unpaired) electrons. The first kappa shape index (κ1) is 33.3. The second kappa shape index (κ2) is 12.6. The molecule has 1 spiro atoms.